The second-order valence-electron chi connectivity index (χ2n) is 4.22. The second-order valence-corrected chi connectivity index (χ2v) is 4.22. The van der Waals surface area contributed by atoms with Gasteiger partial charge in [-0.25, -0.2) is 0 Å². The van der Waals surface area contributed by atoms with Crippen LogP contribution in [0.4, 0.5) is 0 Å². The number of aldehydes is 2. The van der Waals surface area contributed by atoms with E-state index in [0.717, 1.165) is 11.1 Å². The Kier molecular flexibility index (Phi) is 3.05. The van der Waals surface area contributed by atoms with Crippen LogP contribution in [0.15, 0.2) is 57.4 Å². The van der Waals surface area contributed by atoms with Gasteiger partial charge >= 0.3 is 0 Å². The van der Waals surface area contributed by atoms with Crippen LogP contribution >= 0.6 is 0 Å². The van der Waals surface area contributed by atoms with Gasteiger partial charge in [0, 0.05) is 11.1 Å². The van der Waals surface area contributed by atoms with Crippen LogP contribution in [0.3, 0.4) is 0 Å². The Morgan fingerprint density at radius 1 is 0.600 bits per heavy atom. The molecular formula is C16H10O4. The molecule has 2 aromatic heterocycles. The molecule has 2 heterocycles. The van der Waals surface area contributed by atoms with E-state index in [4.69, 9.17) is 8.83 Å². The van der Waals surface area contributed by atoms with Crippen molar-refractivity contribution in [2.24, 2.45) is 0 Å². The normalized spacial score (nSPS) is 10.4. The zero-order chi connectivity index (χ0) is 13.9. The minimum atomic E-state index is 0.297. The van der Waals surface area contributed by atoms with Crippen LogP contribution in [0.1, 0.15) is 21.1 Å². The molecule has 20 heavy (non-hydrogen) atoms. The molecule has 0 unspecified atom stereocenters. The van der Waals surface area contributed by atoms with E-state index in [2.05, 4.69) is 0 Å². The van der Waals surface area contributed by atoms with Crippen LogP contribution in [0, 0.1) is 0 Å². The van der Waals surface area contributed by atoms with Crippen molar-refractivity contribution in [1.82, 2.24) is 0 Å². The van der Waals surface area contributed by atoms with Crippen LogP contribution in [-0.2, 0) is 0 Å². The molecule has 0 aliphatic heterocycles. The largest absolute Gasteiger partial charge is 0.453 e. The number of carbonyl (C=O) groups excluding carboxylic acids is 2. The first-order chi connectivity index (χ1) is 9.80. The first-order valence-corrected chi connectivity index (χ1v) is 6.01. The lowest BCUT2D eigenvalue weighted by molar-refractivity contribution is 0.109. The van der Waals surface area contributed by atoms with Crippen molar-refractivity contribution in [3.05, 3.63) is 60.1 Å². The first-order valence-electron chi connectivity index (χ1n) is 6.01. The van der Waals surface area contributed by atoms with Gasteiger partial charge in [0.1, 0.15) is 11.5 Å². The summed E-state index contributed by atoms with van der Waals surface area (Å²) < 4.78 is 10.7. The SMILES string of the molecule is O=Cc1ccc(-c2ccc(-c3ccc(C=O)o3)cc2)o1. The molecule has 0 saturated heterocycles. The summed E-state index contributed by atoms with van der Waals surface area (Å²) in [7, 11) is 0. The van der Waals surface area contributed by atoms with Gasteiger partial charge in [0.15, 0.2) is 24.1 Å². The van der Waals surface area contributed by atoms with Gasteiger partial charge in [-0.05, 0) is 24.3 Å². The molecule has 4 heteroatoms. The number of hydrogen-bond donors (Lipinski definition) is 0. The number of hydrogen-bond acceptors (Lipinski definition) is 4. The molecule has 3 rings (SSSR count). The van der Waals surface area contributed by atoms with E-state index in [9.17, 15) is 9.59 Å². The lowest BCUT2D eigenvalue weighted by Gasteiger charge is -1.99. The Morgan fingerprint density at radius 2 is 1.00 bits per heavy atom. The Bertz CT molecular complexity index is 682. The maximum absolute atomic E-state index is 10.6. The van der Waals surface area contributed by atoms with Crippen molar-refractivity contribution in [2.75, 3.05) is 0 Å². The van der Waals surface area contributed by atoms with Crippen LogP contribution in [0.25, 0.3) is 22.6 Å². The van der Waals surface area contributed by atoms with Crippen molar-refractivity contribution in [1.29, 1.82) is 0 Å². The average Bonchev–Trinajstić information content (AvgIpc) is 3.16. The summed E-state index contributed by atoms with van der Waals surface area (Å²) in [5.41, 5.74) is 1.73. The summed E-state index contributed by atoms with van der Waals surface area (Å²) in [5, 5.41) is 0. The highest BCUT2D eigenvalue weighted by atomic mass is 16.3. The van der Waals surface area contributed by atoms with Crippen molar-refractivity contribution >= 4 is 12.6 Å². The van der Waals surface area contributed by atoms with Crippen molar-refractivity contribution in [2.45, 2.75) is 0 Å². The molecule has 0 fully saturated rings. The quantitative estimate of drug-likeness (QED) is 0.673. The standard InChI is InChI=1S/C16H10O4/c17-9-13-5-7-15(19-13)11-1-2-12(4-3-11)16-8-6-14(10-18)20-16/h1-10H. The van der Waals surface area contributed by atoms with Gasteiger partial charge in [-0.15, -0.1) is 0 Å². The fourth-order valence-electron chi connectivity index (χ4n) is 1.94. The van der Waals surface area contributed by atoms with Crippen LogP contribution < -0.4 is 0 Å². The maximum Gasteiger partial charge on any atom is 0.185 e. The van der Waals surface area contributed by atoms with Gasteiger partial charge in [0.05, 0.1) is 0 Å². The molecule has 0 saturated carbocycles. The van der Waals surface area contributed by atoms with Gasteiger partial charge in [-0.3, -0.25) is 9.59 Å². The molecule has 98 valence electrons. The maximum atomic E-state index is 10.6. The highest BCUT2D eigenvalue weighted by Gasteiger charge is 2.07. The Balaban J connectivity index is 1.90. The summed E-state index contributed by atoms with van der Waals surface area (Å²) in [6, 6.07) is 14.2. The molecule has 0 atom stereocenters. The van der Waals surface area contributed by atoms with E-state index >= 15 is 0 Å². The number of furan rings is 2. The lowest BCUT2D eigenvalue weighted by Crippen LogP contribution is -1.77. The Morgan fingerprint density at radius 3 is 1.30 bits per heavy atom. The first kappa shape index (κ1) is 12.2. The van der Waals surface area contributed by atoms with Crippen molar-refractivity contribution in [3.8, 4) is 22.6 Å². The van der Waals surface area contributed by atoms with E-state index < -0.39 is 0 Å². The number of carbonyl (C=O) groups is 2. The van der Waals surface area contributed by atoms with Gasteiger partial charge in [0.2, 0.25) is 0 Å². The fraction of sp³-hybridized carbons (Fsp3) is 0. The molecule has 0 aliphatic carbocycles. The third kappa shape index (κ3) is 2.19. The average molecular weight is 266 g/mol. The van der Waals surface area contributed by atoms with Gasteiger partial charge in [0.25, 0.3) is 0 Å². The molecule has 3 aromatic rings. The van der Waals surface area contributed by atoms with Crippen LogP contribution in [-0.4, -0.2) is 12.6 Å². The highest BCUT2D eigenvalue weighted by Crippen LogP contribution is 2.26. The van der Waals surface area contributed by atoms with Crippen LogP contribution in [0.2, 0.25) is 0 Å². The lowest BCUT2D eigenvalue weighted by atomic mass is 10.1. The predicted molar refractivity (Wildman–Crippen MR) is 72.6 cm³/mol. The highest BCUT2D eigenvalue weighted by molar-refractivity contribution is 5.74. The third-order valence-corrected chi connectivity index (χ3v) is 2.94. The van der Waals surface area contributed by atoms with E-state index in [1.807, 2.05) is 24.3 Å². The molecule has 0 radical (unpaired) electrons. The minimum absolute atomic E-state index is 0.297. The summed E-state index contributed by atoms with van der Waals surface area (Å²) in [6.45, 7) is 0. The zero-order valence-electron chi connectivity index (χ0n) is 10.4. The predicted octanol–water partition coefficient (Wildman–Crippen LogP) is 3.83. The van der Waals surface area contributed by atoms with Crippen molar-refractivity contribution in [3.63, 3.8) is 0 Å². The zero-order valence-corrected chi connectivity index (χ0v) is 10.4. The smallest absolute Gasteiger partial charge is 0.185 e. The molecule has 0 spiro atoms. The number of benzene rings is 1. The molecule has 4 nitrogen and oxygen atoms in total. The van der Waals surface area contributed by atoms with Gasteiger partial charge in [-0.2, -0.15) is 0 Å². The summed E-state index contributed by atoms with van der Waals surface area (Å²) in [5.74, 6) is 1.86. The number of rotatable bonds is 4. The van der Waals surface area contributed by atoms with E-state index in [-0.39, 0.29) is 0 Å². The summed E-state index contributed by atoms with van der Waals surface area (Å²) >= 11 is 0. The molecular weight excluding hydrogens is 256 g/mol. The van der Waals surface area contributed by atoms with Gasteiger partial charge < -0.3 is 8.83 Å². The Labute approximate surface area is 114 Å². The van der Waals surface area contributed by atoms with E-state index in [1.165, 1.54) is 0 Å². The fourth-order valence-corrected chi connectivity index (χ4v) is 1.94. The molecule has 0 amide bonds. The van der Waals surface area contributed by atoms with Gasteiger partial charge in [-0.1, -0.05) is 24.3 Å². The van der Waals surface area contributed by atoms with Crippen LogP contribution in [0.5, 0.6) is 0 Å². The molecule has 1 aromatic carbocycles. The third-order valence-electron chi connectivity index (χ3n) is 2.94. The Hall–Kier alpha value is -2.88. The minimum Gasteiger partial charge on any atom is -0.453 e. The topological polar surface area (TPSA) is 60.4 Å². The summed E-state index contributed by atoms with van der Waals surface area (Å²) in [6.07, 6.45) is 1.34. The molecule has 0 bridgehead atoms. The monoisotopic (exact) mass is 266 g/mol. The molecule has 0 aliphatic rings. The van der Waals surface area contributed by atoms with E-state index in [1.54, 1.807) is 24.3 Å². The van der Waals surface area contributed by atoms with E-state index in [0.29, 0.717) is 35.6 Å². The van der Waals surface area contributed by atoms with Crippen molar-refractivity contribution < 1.29 is 18.4 Å². The summed E-state index contributed by atoms with van der Waals surface area (Å²) in [4.78, 5) is 21.2. The molecule has 0 N–H and O–H groups in total. The second kappa shape index (κ2) is 5.01.